The molecular weight excluding hydrogens is 246 g/mol. The summed E-state index contributed by atoms with van der Waals surface area (Å²) in [5, 5.41) is 2.81. The summed E-state index contributed by atoms with van der Waals surface area (Å²) in [7, 11) is 0. The number of aromatic amines is 1. The minimum Gasteiger partial charge on any atom is -0.367 e. The van der Waals surface area contributed by atoms with Crippen LogP contribution in [0.25, 0.3) is 0 Å². The van der Waals surface area contributed by atoms with Gasteiger partial charge in [-0.2, -0.15) is 0 Å². The first kappa shape index (κ1) is 13.3. The Hall–Kier alpha value is -2.11. The van der Waals surface area contributed by atoms with Crippen LogP contribution < -0.4 is 10.7 Å². The van der Waals surface area contributed by atoms with Gasteiger partial charge in [0.25, 0.3) is 5.91 Å². The van der Waals surface area contributed by atoms with Crippen LogP contribution in [0.1, 0.15) is 30.1 Å². The predicted molar refractivity (Wildman–Crippen MR) is 69.8 cm³/mol. The summed E-state index contributed by atoms with van der Waals surface area (Å²) in [5.74, 6) is -0.381. The highest BCUT2D eigenvalue weighted by atomic mass is 16.2. The van der Waals surface area contributed by atoms with Crippen molar-refractivity contribution in [2.75, 3.05) is 13.1 Å². The number of carbonyl (C=O) groups excluding carboxylic acids is 2. The molecule has 2 N–H and O–H groups in total. The van der Waals surface area contributed by atoms with Gasteiger partial charge in [0.15, 0.2) is 5.43 Å². The van der Waals surface area contributed by atoms with Crippen molar-refractivity contribution in [1.82, 2.24) is 15.2 Å². The molecule has 6 heteroatoms. The fourth-order valence-corrected chi connectivity index (χ4v) is 2.32. The van der Waals surface area contributed by atoms with E-state index < -0.39 is 0 Å². The molecule has 1 saturated heterocycles. The van der Waals surface area contributed by atoms with E-state index in [1.165, 1.54) is 25.4 Å². The minimum atomic E-state index is -0.287. The third kappa shape index (κ3) is 3.21. The van der Waals surface area contributed by atoms with Gasteiger partial charge in [-0.05, 0) is 12.8 Å². The first-order valence-electron chi connectivity index (χ1n) is 6.31. The highest BCUT2D eigenvalue weighted by molar-refractivity contribution is 5.93. The van der Waals surface area contributed by atoms with Crippen molar-refractivity contribution in [3.05, 3.63) is 34.2 Å². The molecule has 2 rings (SSSR count). The molecule has 0 bridgehead atoms. The molecule has 0 radical (unpaired) electrons. The lowest BCUT2D eigenvalue weighted by molar-refractivity contribution is -0.120. The standard InChI is InChI=1S/C13H17N3O3/c1-9(17)15-10-3-2-6-16(8-10)13(19)11-7-14-5-4-12(11)18/h4-5,7,10H,2-3,6,8H2,1H3,(H,14,18)(H,15,17). The molecule has 6 nitrogen and oxygen atoms in total. The SMILES string of the molecule is CC(=O)NC1CCCN(C(=O)c2c[nH]ccc2=O)C1. The van der Waals surface area contributed by atoms with Crippen LogP contribution in [0.5, 0.6) is 0 Å². The lowest BCUT2D eigenvalue weighted by Crippen LogP contribution is -2.49. The molecule has 1 aromatic rings. The number of H-pyrrole nitrogens is 1. The number of rotatable bonds is 2. The largest absolute Gasteiger partial charge is 0.367 e. The average molecular weight is 263 g/mol. The molecule has 1 atom stereocenters. The van der Waals surface area contributed by atoms with Crippen LogP contribution >= 0.6 is 0 Å². The molecule has 1 aromatic heterocycles. The van der Waals surface area contributed by atoms with Crippen molar-refractivity contribution in [2.45, 2.75) is 25.8 Å². The number of hydrogen-bond donors (Lipinski definition) is 2. The Morgan fingerprint density at radius 2 is 2.26 bits per heavy atom. The zero-order valence-corrected chi connectivity index (χ0v) is 10.8. The molecule has 0 aromatic carbocycles. The van der Waals surface area contributed by atoms with E-state index in [2.05, 4.69) is 10.3 Å². The van der Waals surface area contributed by atoms with Crippen LogP contribution in [0.4, 0.5) is 0 Å². The van der Waals surface area contributed by atoms with E-state index >= 15 is 0 Å². The molecule has 2 heterocycles. The van der Waals surface area contributed by atoms with E-state index in [9.17, 15) is 14.4 Å². The second kappa shape index (κ2) is 5.69. The Kier molecular flexibility index (Phi) is 3.99. The number of hydrogen-bond acceptors (Lipinski definition) is 3. The number of aromatic nitrogens is 1. The van der Waals surface area contributed by atoms with Crippen molar-refractivity contribution in [2.24, 2.45) is 0 Å². The quantitative estimate of drug-likeness (QED) is 0.795. The van der Waals surface area contributed by atoms with Gasteiger partial charge in [-0.15, -0.1) is 0 Å². The molecule has 0 spiro atoms. The first-order valence-corrected chi connectivity index (χ1v) is 6.31. The summed E-state index contributed by atoms with van der Waals surface area (Å²) in [6, 6.07) is 1.31. The van der Waals surface area contributed by atoms with E-state index in [1.54, 1.807) is 4.90 Å². The minimum absolute atomic E-state index is 0.0296. The van der Waals surface area contributed by atoms with Gasteiger partial charge in [0.05, 0.1) is 0 Å². The smallest absolute Gasteiger partial charge is 0.259 e. The zero-order chi connectivity index (χ0) is 13.8. The highest BCUT2D eigenvalue weighted by Crippen LogP contribution is 2.12. The monoisotopic (exact) mass is 263 g/mol. The average Bonchev–Trinajstić information content (AvgIpc) is 2.38. The predicted octanol–water partition coefficient (Wildman–Crippen LogP) is 0.116. The maximum absolute atomic E-state index is 12.2. The molecule has 102 valence electrons. The van der Waals surface area contributed by atoms with Crippen LogP contribution in [0.2, 0.25) is 0 Å². The highest BCUT2D eigenvalue weighted by Gasteiger charge is 2.25. The number of nitrogens with one attached hydrogen (secondary N) is 2. The number of amides is 2. The zero-order valence-electron chi connectivity index (χ0n) is 10.8. The topological polar surface area (TPSA) is 82.3 Å². The second-order valence-electron chi connectivity index (χ2n) is 4.71. The van der Waals surface area contributed by atoms with Gasteiger partial charge >= 0.3 is 0 Å². The summed E-state index contributed by atoms with van der Waals surface area (Å²) in [5.41, 5.74) is -0.142. The Bertz CT molecular complexity index is 538. The lowest BCUT2D eigenvalue weighted by atomic mass is 10.0. The van der Waals surface area contributed by atoms with E-state index in [0.29, 0.717) is 13.1 Å². The van der Waals surface area contributed by atoms with Crippen molar-refractivity contribution in [3.8, 4) is 0 Å². The number of nitrogens with zero attached hydrogens (tertiary/aromatic N) is 1. The molecule has 0 saturated carbocycles. The van der Waals surface area contributed by atoms with Gasteiger partial charge in [-0.3, -0.25) is 14.4 Å². The summed E-state index contributed by atoms with van der Waals surface area (Å²) < 4.78 is 0. The van der Waals surface area contributed by atoms with Gasteiger partial charge < -0.3 is 15.2 Å². The molecule has 1 aliphatic heterocycles. The molecule has 19 heavy (non-hydrogen) atoms. The fourth-order valence-electron chi connectivity index (χ4n) is 2.32. The van der Waals surface area contributed by atoms with Crippen LogP contribution in [0, 0.1) is 0 Å². The Morgan fingerprint density at radius 1 is 1.47 bits per heavy atom. The number of carbonyl (C=O) groups is 2. The summed E-state index contributed by atoms with van der Waals surface area (Å²) >= 11 is 0. The van der Waals surface area contributed by atoms with E-state index in [0.717, 1.165) is 12.8 Å². The second-order valence-corrected chi connectivity index (χ2v) is 4.71. The molecular formula is C13H17N3O3. The van der Waals surface area contributed by atoms with E-state index in [-0.39, 0.29) is 28.8 Å². The van der Waals surface area contributed by atoms with Crippen molar-refractivity contribution in [3.63, 3.8) is 0 Å². The first-order chi connectivity index (χ1) is 9.08. The molecule has 1 unspecified atom stereocenters. The lowest BCUT2D eigenvalue weighted by Gasteiger charge is -2.32. The van der Waals surface area contributed by atoms with Gasteiger partial charge in [0.2, 0.25) is 5.91 Å². The molecule has 0 aliphatic carbocycles. The van der Waals surface area contributed by atoms with Crippen LogP contribution in [0.15, 0.2) is 23.3 Å². The van der Waals surface area contributed by atoms with Crippen LogP contribution in [-0.2, 0) is 4.79 Å². The number of likely N-dealkylation sites (tertiary alicyclic amines) is 1. The van der Waals surface area contributed by atoms with E-state index in [1.807, 2.05) is 0 Å². The maximum atomic E-state index is 12.2. The van der Waals surface area contributed by atoms with Gasteiger partial charge in [0, 0.05) is 44.5 Å². The third-order valence-corrected chi connectivity index (χ3v) is 3.17. The van der Waals surface area contributed by atoms with Gasteiger partial charge in [-0.25, -0.2) is 0 Å². The third-order valence-electron chi connectivity index (χ3n) is 3.17. The molecule has 1 aliphatic rings. The van der Waals surface area contributed by atoms with Gasteiger partial charge in [0.1, 0.15) is 5.56 Å². The summed E-state index contributed by atoms with van der Waals surface area (Å²) in [6.45, 7) is 2.53. The number of piperidine rings is 1. The Morgan fingerprint density at radius 3 is 2.95 bits per heavy atom. The summed E-state index contributed by atoms with van der Waals surface area (Å²) in [4.78, 5) is 39.3. The molecule has 2 amide bonds. The Balaban J connectivity index is 2.09. The van der Waals surface area contributed by atoms with Gasteiger partial charge in [-0.1, -0.05) is 0 Å². The van der Waals surface area contributed by atoms with Crippen molar-refractivity contribution >= 4 is 11.8 Å². The normalized spacial score (nSPS) is 19.0. The van der Waals surface area contributed by atoms with Crippen molar-refractivity contribution in [1.29, 1.82) is 0 Å². The summed E-state index contributed by atoms with van der Waals surface area (Å²) in [6.07, 6.45) is 4.60. The molecule has 1 fully saturated rings. The fraction of sp³-hybridized carbons (Fsp3) is 0.462. The van der Waals surface area contributed by atoms with Crippen LogP contribution in [-0.4, -0.2) is 40.8 Å². The van der Waals surface area contributed by atoms with E-state index in [4.69, 9.17) is 0 Å². The number of pyridine rings is 1. The van der Waals surface area contributed by atoms with Crippen molar-refractivity contribution < 1.29 is 9.59 Å². The van der Waals surface area contributed by atoms with Crippen LogP contribution in [0.3, 0.4) is 0 Å². The maximum Gasteiger partial charge on any atom is 0.259 e. The Labute approximate surface area is 110 Å².